The third-order valence-electron chi connectivity index (χ3n) is 1.23. The first kappa shape index (κ1) is 9.91. The molecule has 0 bridgehead atoms. The van der Waals surface area contributed by atoms with Crippen LogP contribution in [0.3, 0.4) is 0 Å². The Morgan fingerprint density at radius 3 is 2.75 bits per heavy atom. The lowest BCUT2D eigenvalue weighted by molar-refractivity contribution is -0.201. The van der Waals surface area contributed by atoms with E-state index in [4.69, 9.17) is 4.74 Å². The van der Waals surface area contributed by atoms with Crippen LogP contribution in [0.25, 0.3) is 0 Å². The van der Waals surface area contributed by atoms with E-state index in [2.05, 4.69) is 9.22 Å². The molecule has 0 spiro atoms. The fraction of sp³-hybridized carbons (Fsp3) is 1.00. The van der Waals surface area contributed by atoms with Gasteiger partial charge in [-0.2, -0.15) is 8.42 Å². The average molecular weight is 196 g/mol. The first-order chi connectivity index (χ1) is 5.64. The molecule has 0 radical (unpaired) electrons. The maximum atomic E-state index is 10.9. The van der Waals surface area contributed by atoms with Gasteiger partial charge in [0.1, 0.15) is 5.75 Å². The Morgan fingerprint density at radius 1 is 1.58 bits per heavy atom. The SMILES string of the molecule is CCCOOS(=O)(=O)CC1CO1. The minimum absolute atomic E-state index is 0.114. The number of rotatable bonds is 6. The summed E-state index contributed by atoms with van der Waals surface area (Å²) in [6.07, 6.45) is 0.523. The van der Waals surface area contributed by atoms with Gasteiger partial charge in [-0.15, -0.1) is 4.33 Å². The molecule has 0 amide bonds. The standard InChI is InChI=1S/C6H12O5S/c1-2-3-10-11-12(7,8)5-6-4-9-6/h6H,2-5H2,1H3. The first-order valence-corrected chi connectivity index (χ1v) is 5.37. The molecule has 1 saturated heterocycles. The van der Waals surface area contributed by atoms with E-state index in [1.807, 2.05) is 6.92 Å². The molecule has 1 rings (SSSR count). The number of ether oxygens (including phenoxy) is 1. The molecule has 0 aromatic carbocycles. The normalized spacial score (nSPS) is 22.6. The summed E-state index contributed by atoms with van der Waals surface area (Å²) in [4.78, 5) is 4.43. The van der Waals surface area contributed by atoms with Crippen LogP contribution in [0.1, 0.15) is 13.3 Å². The quantitative estimate of drug-likeness (QED) is 0.260. The molecule has 1 fully saturated rings. The molecule has 0 saturated carbocycles. The van der Waals surface area contributed by atoms with Gasteiger partial charge in [0.25, 0.3) is 10.1 Å². The summed E-state index contributed by atoms with van der Waals surface area (Å²) in [6.45, 7) is 2.64. The Morgan fingerprint density at radius 2 is 2.25 bits per heavy atom. The van der Waals surface area contributed by atoms with Crippen LogP contribution in [-0.2, 0) is 24.1 Å². The zero-order valence-electron chi connectivity index (χ0n) is 6.86. The van der Waals surface area contributed by atoms with Crippen molar-refractivity contribution in [1.82, 2.24) is 0 Å². The van der Waals surface area contributed by atoms with Crippen molar-refractivity contribution >= 4 is 10.1 Å². The Hall–Kier alpha value is -0.170. The molecule has 5 nitrogen and oxygen atoms in total. The van der Waals surface area contributed by atoms with Gasteiger partial charge in [-0.3, -0.25) is 0 Å². The largest absolute Gasteiger partial charge is 0.372 e. The fourth-order valence-corrected chi connectivity index (χ4v) is 1.53. The van der Waals surface area contributed by atoms with Crippen LogP contribution < -0.4 is 0 Å². The lowest BCUT2D eigenvalue weighted by Crippen LogP contribution is -2.15. The molecule has 1 aliphatic rings. The maximum Gasteiger partial charge on any atom is 0.296 e. The molecule has 72 valence electrons. The molecule has 0 N–H and O–H groups in total. The lowest BCUT2D eigenvalue weighted by Gasteiger charge is -2.01. The van der Waals surface area contributed by atoms with Gasteiger partial charge >= 0.3 is 0 Å². The molecule has 12 heavy (non-hydrogen) atoms. The smallest absolute Gasteiger partial charge is 0.296 e. The van der Waals surface area contributed by atoms with E-state index in [0.29, 0.717) is 6.61 Å². The van der Waals surface area contributed by atoms with Crippen molar-refractivity contribution in [3.05, 3.63) is 0 Å². The Balaban J connectivity index is 2.17. The van der Waals surface area contributed by atoms with E-state index in [-0.39, 0.29) is 18.5 Å². The Bertz CT molecular complexity index is 218. The van der Waals surface area contributed by atoms with Gasteiger partial charge in [-0.05, 0) is 6.42 Å². The van der Waals surface area contributed by atoms with Crippen LogP contribution >= 0.6 is 0 Å². The van der Waals surface area contributed by atoms with Crippen LogP contribution in [0.4, 0.5) is 0 Å². The van der Waals surface area contributed by atoms with Crippen molar-refractivity contribution in [3.8, 4) is 0 Å². The highest BCUT2D eigenvalue weighted by atomic mass is 32.2. The van der Waals surface area contributed by atoms with E-state index in [1.165, 1.54) is 0 Å². The molecule has 1 heterocycles. The summed E-state index contributed by atoms with van der Waals surface area (Å²) in [5.74, 6) is -0.114. The topological polar surface area (TPSA) is 65.1 Å². The highest BCUT2D eigenvalue weighted by molar-refractivity contribution is 7.86. The van der Waals surface area contributed by atoms with Gasteiger partial charge in [-0.1, -0.05) is 6.92 Å². The van der Waals surface area contributed by atoms with Gasteiger partial charge < -0.3 is 4.74 Å². The van der Waals surface area contributed by atoms with E-state index >= 15 is 0 Å². The van der Waals surface area contributed by atoms with Gasteiger partial charge in [0, 0.05) is 0 Å². The van der Waals surface area contributed by atoms with Crippen LogP contribution in [-0.4, -0.2) is 33.5 Å². The summed E-state index contributed by atoms with van der Waals surface area (Å²) in [7, 11) is -3.54. The molecule has 1 atom stereocenters. The van der Waals surface area contributed by atoms with Crippen molar-refractivity contribution in [2.24, 2.45) is 0 Å². The van der Waals surface area contributed by atoms with E-state index in [0.717, 1.165) is 6.42 Å². The molecule has 1 aliphatic heterocycles. The van der Waals surface area contributed by atoms with Crippen LogP contribution in [0.15, 0.2) is 0 Å². The van der Waals surface area contributed by atoms with Gasteiger partial charge in [0.2, 0.25) is 0 Å². The van der Waals surface area contributed by atoms with Crippen LogP contribution in [0.2, 0.25) is 0 Å². The first-order valence-electron chi connectivity index (χ1n) is 3.79. The highest BCUT2D eigenvalue weighted by Gasteiger charge is 2.30. The zero-order valence-corrected chi connectivity index (χ0v) is 7.67. The van der Waals surface area contributed by atoms with Crippen molar-refractivity contribution < 1.29 is 22.4 Å². The Kier molecular flexibility index (Phi) is 3.45. The number of epoxide rings is 1. The molecule has 0 aromatic rings. The van der Waals surface area contributed by atoms with E-state index < -0.39 is 10.1 Å². The third kappa shape index (κ3) is 4.01. The highest BCUT2D eigenvalue weighted by Crippen LogP contribution is 2.12. The van der Waals surface area contributed by atoms with E-state index in [9.17, 15) is 8.42 Å². The minimum Gasteiger partial charge on any atom is -0.372 e. The fourth-order valence-electron chi connectivity index (χ4n) is 0.610. The van der Waals surface area contributed by atoms with Crippen molar-refractivity contribution in [3.63, 3.8) is 0 Å². The average Bonchev–Trinajstić information content (AvgIpc) is 2.71. The predicted octanol–water partition coefficient (Wildman–Crippen LogP) is 0.0732. The second kappa shape index (κ2) is 4.18. The molecular formula is C6H12O5S. The summed E-state index contributed by atoms with van der Waals surface area (Å²) in [6, 6.07) is 0. The van der Waals surface area contributed by atoms with Crippen LogP contribution in [0, 0.1) is 0 Å². The third-order valence-corrected chi connectivity index (χ3v) is 2.32. The molecule has 1 unspecified atom stereocenters. The predicted molar refractivity (Wildman–Crippen MR) is 40.9 cm³/mol. The lowest BCUT2D eigenvalue weighted by atomic mass is 10.5. The van der Waals surface area contributed by atoms with Gasteiger partial charge in [0.15, 0.2) is 0 Å². The summed E-state index contributed by atoms with van der Waals surface area (Å²) in [5, 5.41) is 0. The zero-order chi connectivity index (χ0) is 9.03. The molecular weight excluding hydrogens is 184 g/mol. The van der Waals surface area contributed by atoms with Crippen molar-refractivity contribution in [2.45, 2.75) is 19.4 Å². The maximum absolute atomic E-state index is 10.9. The molecule has 6 heteroatoms. The summed E-state index contributed by atoms with van der Waals surface area (Å²) < 4.78 is 30.8. The van der Waals surface area contributed by atoms with Crippen molar-refractivity contribution in [2.75, 3.05) is 19.0 Å². The molecule has 0 aliphatic carbocycles. The summed E-state index contributed by atoms with van der Waals surface area (Å²) >= 11 is 0. The number of hydrogen-bond donors (Lipinski definition) is 0. The van der Waals surface area contributed by atoms with Gasteiger partial charge in [-0.25, -0.2) is 4.89 Å². The van der Waals surface area contributed by atoms with Crippen molar-refractivity contribution in [1.29, 1.82) is 0 Å². The monoisotopic (exact) mass is 196 g/mol. The van der Waals surface area contributed by atoms with E-state index in [1.54, 1.807) is 0 Å². The molecule has 0 aromatic heterocycles. The number of hydrogen-bond acceptors (Lipinski definition) is 5. The van der Waals surface area contributed by atoms with Crippen LogP contribution in [0.5, 0.6) is 0 Å². The van der Waals surface area contributed by atoms with Gasteiger partial charge in [0.05, 0.1) is 19.3 Å². The second-order valence-electron chi connectivity index (χ2n) is 2.57. The Labute approximate surface area is 71.7 Å². The second-order valence-corrected chi connectivity index (χ2v) is 4.15. The summed E-state index contributed by atoms with van der Waals surface area (Å²) in [5.41, 5.74) is 0. The minimum atomic E-state index is -3.54.